The molecule has 0 aliphatic rings. The van der Waals surface area contributed by atoms with Gasteiger partial charge in [0.05, 0.1) is 5.56 Å². The van der Waals surface area contributed by atoms with Gasteiger partial charge in [-0.1, -0.05) is 22.0 Å². The highest BCUT2D eigenvalue weighted by molar-refractivity contribution is 9.10. The van der Waals surface area contributed by atoms with Crippen molar-refractivity contribution in [2.75, 3.05) is 25.5 Å². The van der Waals surface area contributed by atoms with Crippen LogP contribution in [0.15, 0.2) is 40.9 Å². The molecule has 0 spiro atoms. The van der Waals surface area contributed by atoms with Crippen LogP contribution < -0.4 is 10.6 Å². The van der Waals surface area contributed by atoms with E-state index >= 15 is 0 Å². The Morgan fingerprint density at radius 2 is 1.86 bits per heavy atom. The number of fused-ring (bicyclic) bond motifs is 1. The van der Waals surface area contributed by atoms with Gasteiger partial charge in [-0.2, -0.15) is 13.2 Å². The fourth-order valence-electron chi connectivity index (χ4n) is 2.74. The smallest absolute Gasteiger partial charge is 0.369 e. The van der Waals surface area contributed by atoms with Gasteiger partial charge in [0.2, 0.25) is 0 Å². The number of anilines is 1. The molecule has 0 saturated carbocycles. The molecule has 2 N–H and O–H groups in total. The van der Waals surface area contributed by atoms with Crippen molar-refractivity contribution in [1.82, 2.24) is 15.3 Å². The standard InChI is InChI=1S/C19H17BrF4N4/c1-25-6-3-7-26-18-14-4-2-5-15(21)16(14)27-17(28-18)11-8-12(19(22,23)24)10-13(20)9-11/h2,4-5,8-10,25H,3,6-7H2,1H3,(H,26,27,28). The van der Waals surface area contributed by atoms with Crippen LogP contribution in [0.4, 0.5) is 23.4 Å². The summed E-state index contributed by atoms with van der Waals surface area (Å²) in [5.74, 6) is -0.171. The molecular weight excluding hydrogens is 440 g/mol. The van der Waals surface area contributed by atoms with Crippen LogP contribution in [0.3, 0.4) is 0 Å². The summed E-state index contributed by atoms with van der Waals surface area (Å²) in [5.41, 5.74) is -0.639. The molecule has 0 fully saturated rings. The molecule has 2 aromatic carbocycles. The molecule has 1 aromatic heterocycles. The van der Waals surface area contributed by atoms with E-state index in [1.807, 2.05) is 7.05 Å². The van der Waals surface area contributed by atoms with Crippen molar-refractivity contribution in [1.29, 1.82) is 0 Å². The minimum atomic E-state index is -4.52. The van der Waals surface area contributed by atoms with Crippen LogP contribution in [0.5, 0.6) is 0 Å². The van der Waals surface area contributed by atoms with Crippen LogP contribution in [-0.2, 0) is 6.18 Å². The zero-order valence-corrected chi connectivity index (χ0v) is 16.5. The van der Waals surface area contributed by atoms with Crippen molar-refractivity contribution < 1.29 is 17.6 Å². The van der Waals surface area contributed by atoms with Crippen molar-refractivity contribution in [3.63, 3.8) is 0 Å². The molecule has 0 aliphatic heterocycles. The lowest BCUT2D eigenvalue weighted by atomic mass is 10.1. The number of alkyl halides is 3. The highest BCUT2D eigenvalue weighted by atomic mass is 79.9. The van der Waals surface area contributed by atoms with E-state index < -0.39 is 17.6 Å². The molecule has 0 aliphatic carbocycles. The van der Waals surface area contributed by atoms with E-state index in [0.29, 0.717) is 17.7 Å². The van der Waals surface area contributed by atoms with Gasteiger partial charge in [-0.05, 0) is 50.3 Å². The van der Waals surface area contributed by atoms with E-state index in [0.717, 1.165) is 25.1 Å². The Kier molecular flexibility index (Phi) is 6.14. The third kappa shape index (κ3) is 4.59. The van der Waals surface area contributed by atoms with Crippen molar-refractivity contribution in [2.24, 2.45) is 0 Å². The summed E-state index contributed by atoms with van der Waals surface area (Å²) >= 11 is 3.09. The number of para-hydroxylation sites is 1. The summed E-state index contributed by atoms with van der Waals surface area (Å²) in [5, 5.41) is 6.62. The van der Waals surface area contributed by atoms with Gasteiger partial charge in [-0.3, -0.25) is 0 Å². The monoisotopic (exact) mass is 456 g/mol. The van der Waals surface area contributed by atoms with E-state index in [1.165, 1.54) is 12.1 Å². The molecule has 0 saturated heterocycles. The first-order valence-corrected chi connectivity index (χ1v) is 9.32. The third-order valence-electron chi connectivity index (χ3n) is 4.06. The van der Waals surface area contributed by atoms with Gasteiger partial charge in [-0.25, -0.2) is 14.4 Å². The molecule has 3 aromatic rings. The first-order valence-electron chi connectivity index (χ1n) is 8.52. The quantitative estimate of drug-likeness (QED) is 0.393. The second-order valence-electron chi connectivity index (χ2n) is 6.14. The number of rotatable bonds is 6. The summed E-state index contributed by atoms with van der Waals surface area (Å²) in [6, 6.07) is 7.87. The third-order valence-corrected chi connectivity index (χ3v) is 4.51. The maximum absolute atomic E-state index is 14.3. The molecule has 9 heteroatoms. The Balaban J connectivity index is 2.11. The van der Waals surface area contributed by atoms with Crippen molar-refractivity contribution in [3.05, 3.63) is 52.3 Å². The van der Waals surface area contributed by atoms with Gasteiger partial charge in [0.15, 0.2) is 5.82 Å². The number of nitrogens with one attached hydrogen (secondary N) is 2. The van der Waals surface area contributed by atoms with E-state index in [1.54, 1.807) is 12.1 Å². The van der Waals surface area contributed by atoms with Crippen molar-refractivity contribution in [2.45, 2.75) is 12.6 Å². The number of nitrogens with zero attached hydrogens (tertiary/aromatic N) is 2. The number of hydrogen-bond acceptors (Lipinski definition) is 4. The number of aromatic nitrogens is 2. The Morgan fingerprint density at radius 3 is 2.57 bits per heavy atom. The molecule has 4 nitrogen and oxygen atoms in total. The van der Waals surface area contributed by atoms with Crippen LogP contribution in [0.1, 0.15) is 12.0 Å². The van der Waals surface area contributed by atoms with Crippen LogP contribution in [0.2, 0.25) is 0 Å². The van der Waals surface area contributed by atoms with Gasteiger partial charge < -0.3 is 10.6 Å². The second-order valence-corrected chi connectivity index (χ2v) is 7.06. The van der Waals surface area contributed by atoms with E-state index in [4.69, 9.17) is 0 Å². The zero-order chi connectivity index (χ0) is 20.3. The maximum Gasteiger partial charge on any atom is 0.416 e. The van der Waals surface area contributed by atoms with Gasteiger partial charge in [0.1, 0.15) is 17.2 Å². The Labute approximate surface area is 167 Å². The van der Waals surface area contributed by atoms with Crippen molar-refractivity contribution >= 4 is 32.7 Å². The second kappa shape index (κ2) is 8.40. The molecule has 148 valence electrons. The van der Waals surface area contributed by atoms with E-state index in [9.17, 15) is 17.6 Å². The SMILES string of the molecule is CNCCCNc1nc(-c2cc(Br)cc(C(F)(F)F)c2)nc2c(F)cccc12. The van der Waals surface area contributed by atoms with Gasteiger partial charge in [0.25, 0.3) is 0 Å². The van der Waals surface area contributed by atoms with Gasteiger partial charge in [0, 0.05) is 22.0 Å². The summed E-state index contributed by atoms with van der Waals surface area (Å²) in [4.78, 5) is 8.56. The van der Waals surface area contributed by atoms with Gasteiger partial charge >= 0.3 is 6.18 Å². The minimum absolute atomic E-state index is 0.0144. The van der Waals surface area contributed by atoms with Crippen molar-refractivity contribution in [3.8, 4) is 11.4 Å². The lowest BCUT2D eigenvalue weighted by Crippen LogP contribution is -2.14. The Hall–Kier alpha value is -2.26. The predicted octanol–water partition coefficient (Wildman–Crippen LogP) is 5.24. The van der Waals surface area contributed by atoms with Gasteiger partial charge in [-0.15, -0.1) is 0 Å². The molecule has 0 radical (unpaired) electrons. The van der Waals surface area contributed by atoms with Crippen LogP contribution in [0.25, 0.3) is 22.3 Å². The summed E-state index contributed by atoms with van der Waals surface area (Å²) in [6.07, 6.45) is -3.73. The molecule has 28 heavy (non-hydrogen) atoms. The average molecular weight is 457 g/mol. The maximum atomic E-state index is 14.3. The normalized spacial score (nSPS) is 11.8. The highest BCUT2D eigenvalue weighted by Gasteiger charge is 2.31. The largest absolute Gasteiger partial charge is 0.416 e. The summed E-state index contributed by atoms with van der Waals surface area (Å²) < 4.78 is 54.0. The first-order chi connectivity index (χ1) is 13.3. The zero-order valence-electron chi connectivity index (χ0n) is 14.9. The predicted molar refractivity (Wildman–Crippen MR) is 105 cm³/mol. The van der Waals surface area contributed by atoms with E-state index in [2.05, 4.69) is 36.5 Å². The highest BCUT2D eigenvalue weighted by Crippen LogP contribution is 2.35. The summed E-state index contributed by atoms with van der Waals surface area (Å²) in [6.45, 7) is 1.34. The number of halogens is 5. The minimum Gasteiger partial charge on any atom is -0.369 e. The summed E-state index contributed by atoms with van der Waals surface area (Å²) in [7, 11) is 1.83. The molecule has 0 amide bonds. The lowest BCUT2D eigenvalue weighted by molar-refractivity contribution is -0.137. The van der Waals surface area contributed by atoms with Crippen LogP contribution in [-0.4, -0.2) is 30.1 Å². The average Bonchev–Trinajstić information content (AvgIpc) is 2.64. The molecule has 1 heterocycles. The molecule has 0 atom stereocenters. The topological polar surface area (TPSA) is 49.8 Å². The van der Waals surface area contributed by atoms with Crippen LogP contribution in [0, 0.1) is 5.82 Å². The fourth-order valence-corrected chi connectivity index (χ4v) is 3.23. The van der Waals surface area contributed by atoms with E-state index in [-0.39, 0.29) is 21.4 Å². The first kappa shape index (κ1) is 20.5. The number of benzene rings is 2. The molecular formula is C19H17BrF4N4. The molecule has 3 rings (SSSR count). The molecule has 0 bridgehead atoms. The molecule has 0 unspecified atom stereocenters. The fraction of sp³-hybridized carbons (Fsp3) is 0.263. The Morgan fingerprint density at radius 1 is 1.07 bits per heavy atom. The number of hydrogen-bond donors (Lipinski definition) is 2. The Bertz CT molecular complexity index is 992. The van der Waals surface area contributed by atoms with Crippen LogP contribution >= 0.6 is 15.9 Å². The lowest BCUT2D eigenvalue weighted by Gasteiger charge is -2.13.